The Kier molecular flexibility index (Phi) is 4.45. The molecule has 1 saturated carbocycles. The third-order valence-corrected chi connectivity index (χ3v) is 5.21. The first-order chi connectivity index (χ1) is 9.38. The molecule has 110 valence electrons. The first-order valence-electron chi connectivity index (χ1n) is 6.70. The van der Waals surface area contributed by atoms with Gasteiger partial charge in [-0.1, -0.05) is 24.1 Å². The second-order valence-corrected chi connectivity index (χ2v) is 7.05. The number of aliphatic carboxylic acids is 1. The highest BCUT2D eigenvalue weighted by Crippen LogP contribution is 2.25. The minimum absolute atomic E-state index is 0.223. The summed E-state index contributed by atoms with van der Waals surface area (Å²) in [6.45, 7) is 1.89. The van der Waals surface area contributed by atoms with Crippen molar-refractivity contribution in [2.24, 2.45) is 5.92 Å². The standard InChI is InChI=1S/C14H19NO4S/c1-10-5-7-13(8-6-10)20(18,19)15-12-4-2-3-11(9-12)14(16)17/h5-8,11-12,15H,2-4,9H2,1H3,(H,16,17)/t11-,12-/m0/s1. The monoisotopic (exact) mass is 297 g/mol. The Hall–Kier alpha value is -1.40. The minimum atomic E-state index is -3.57. The molecule has 0 heterocycles. The first kappa shape index (κ1) is 15.0. The molecule has 0 aliphatic heterocycles. The highest BCUT2D eigenvalue weighted by molar-refractivity contribution is 7.89. The van der Waals surface area contributed by atoms with Gasteiger partial charge in [-0.15, -0.1) is 0 Å². The lowest BCUT2D eigenvalue weighted by Crippen LogP contribution is -2.39. The number of aryl methyl sites for hydroxylation is 1. The maximum atomic E-state index is 12.2. The molecular weight excluding hydrogens is 278 g/mol. The quantitative estimate of drug-likeness (QED) is 0.889. The number of hydrogen-bond donors (Lipinski definition) is 2. The number of nitrogens with one attached hydrogen (secondary N) is 1. The molecule has 20 heavy (non-hydrogen) atoms. The predicted molar refractivity (Wildman–Crippen MR) is 74.9 cm³/mol. The summed E-state index contributed by atoms with van der Waals surface area (Å²) in [4.78, 5) is 11.2. The number of carboxylic acid groups (broad SMARTS) is 1. The molecule has 0 bridgehead atoms. The molecule has 2 atom stereocenters. The maximum Gasteiger partial charge on any atom is 0.306 e. The van der Waals surface area contributed by atoms with E-state index in [2.05, 4.69) is 4.72 Å². The van der Waals surface area contributed by atoms with Crippen LogP contribution in [0.1, 0.15) is 31.2 Å². The van der Waals surface area contributed by atoms with Crippen molar-refractivity contribution in [2.75, 3.05) is 0 Å². The van der Waals surface area contributed by atoms with Crippen molar-refractivity contribution in [2.45, 2.75) is 43.5 Å². The van der Waals surface area contributed by atoms with E-state index in [-0.39, 0.29) is 10.9 Å². The van der Waals surface area contributed by atoms with E-state index in [1.165, 1.54) is 0 Å². The second-order valence-electron chi connectivity index (χ2n) is 5.33. The zero-order valence-corrected chi connectivity index (χ0v) is 12.2. The molecule has 1 aromatic rings. The Morgan fingerprint density at radius 2 is 1.90 bits per heavy atom. The van der Waals surface area contributed by atoms with E-state index < -0.39 is 21.9 Å². The zero-order valence-electron chi connectivity index (χ0n) is 11.4. The van der Waals surface area contributed by atoms with Crippen molar-refractivity contribution in [3.05, 3.63) is 29.8 Å². The van der Waals surface area contributed by atoms with Crippen LogP contribution in [0.4, 0.5) is 0 Å². The molecule has 2 N–H and O–H groups in total. The minimum Gasteiger partial charge on any atom is -0.481 e. The molecule has 5 nitrogen and oxygen atoms in total. The first-order valence-corrected chi connectivity index (χ1v) is 8.18. The molecule has 1 aromatic carbocycles. The highest BCUT2D eigenvalue weighted by Gasteiger charge is 2.29. The summed E-state index contributed by atoms with van der Waals surface area (Å²) >= 11 is 0. The molecule has 0 aromatic heterocycles. The Morgan fingerprint density at radius 3 is 2.50 bits per heavy atom. The van der Waals surface area contributed by atoms with Gasteiger partial charge in [0.1, 0.15) is 0 Å². The summed E-state index contributed by atoms with van der Waals surface area (Å²) in [5.41, 5.74) is 0.993. The molecule has 1 aliphatic rings. The van der Waals surface area contributed by atoms with Crippen molar-refractivity contribution in [1.29, 1.82) is 0 Å². The number of sulfonamides is 1. The molecule has 6 heteroatoms. The van der Waals surface area contributed by atoms with Crippen LogP contribution in [0.3, 0.4) is 0 Å². The lowest BCUT2D eigenvalue weighted by molar-refractivity contribution is -0.143. The average molecular weight is 297 g/mol. The van der Waals surface area contributed by atoms with Crippen LogP contribution in [0.25, 0.3) is 0 Å². The van der Waals surface area contributed by atoms with Gasteiger partial charge in [-0.05, 0) is 38.3 Å². The maximum absolute atomic E-state index is 12.2. The molecule has 0 amide bonds. The summed E-state index contributed by atoms with van der Waals surface area (Å²) in [6.07, 6.45) is 2.41. The lowest BCUT2D eigenvalue weighted by Gasteiger charge is -2.27. The predicted octanol–water partition coefficient (Wildman–Crippen LogP) is 1.92. The number of hydrogen-bond acceptors (Lipinski definition) is 3. The van der Waals surface area contributed by atoms with Gasteiger partial charge in [0, 0.05) is 6.04 Å². The number of benzene rings is 1. The molecular formula is C14H19NO4S. The van der Waals surface area contributed by atoms with Gasteiger partial charge in [-0.25, -0.2) is 13.1 Å². The average Bonchev–Trinajstić information content (AvgIpc) is 2.39. The fourth-order valence-corrected chi connectivity index (χ4v) is 3.81. The molecule has 0 saturated heterocycles. The van der Waals surface area contributed by atoms with Crippen molar-refractivity contribution in [3.8, 4) is 0 Å². The largest absolute Gasteiger partial charge is 0.481 e. The molecule has 1 fully saturated rings. The van der Waals surface area contributed by atoms with E-state index in [9.17, 15) is 13.2 Å². The number of carboxylic acids is 1. The summed E-state index contributed by atoms with van der Waals surface area (Å²) in [5, 5.41) is 9.02. The smallest absolute Gasteiger partial charge is 0.306 e. The van der Waals surface area contributed by atoms with Crippen LogP contribution in [-0.4, -0.2) is 25.5 Å². The topological polar surface area (TPSA) is 83.5 Å². The van der Waals surface area contributed by atoms with Crippen LogP contribution >= 0.6 is 0 Å². The van der Waals surface area contributed by atoms with E-state index >= 15 is 0 Å². The normalized spacial score (nSPS) is 23.4. The summed E-state index contributed by atoms with van der Waals surface area (Å²) < 4.78 is 27.1. The van der Waals surface area contributed by atoms with E-state index in [1.807, 2.05) is 6.92 Å². The van der Waals surface area contributed by atoms with E-state index in [0.717, 1.165) is 12.0 Å². The van der Waals surface area contributed by atoms with Gasteiger partial charge >= 0.3 is 5.97 Å². The van der Waals surface area contributed by atoms with Crippen LogP contribution in [0.5, 0.6) is 0 Å². The van der Waals surface area contributed by atoms with Gasteiger partial charge in [0.15, 0.2) is 0 Å². The zero-order chi connectivity index (χ0) is 14.8. The van der Waals surface area contributed by atoms with Crippen LogP contribution in [-0.2, 0) is 14.8 Å². The van der Waals surface area contributed by atoms with Crippen molar-refractivity contribution in [3.63, 3.8) is 0 Å². The molecule has 1 aliphatic carbocycles. The van der Waals surface area contributed by atoms with Crippen molar-refractivity contribution in [1.82, 2.24) is 4.72 Å². The SMILES string of the molecule is Cc1ccc(S(=O)(=O)N[C@H]2CCC[C@H](C(=O)O)C2)cc1. The summed E-state index contributed by atoms with van der Waals surface area (Å²) in [6, 6.07) is 6.33. The van der Waals surface area contributed by atoms with Gasteiger partial charge in [0.2, 0.25) is 10.0 Å². The summed E-state index contributed by atoms with van der Waals surface area (Å²) in [7, 11) is -3.57. The van der Waals surface area contributed by atoms with Crippen LogP contribution in [0.2, 0.25) is 0 Å². The highest BCUT2D eigenvalue weighted by atomic mass is 32.2. The molecule has 0 radical (unpaired) electrons. The van der Waals surface area contributed by atoms with Gasteiger partial charge in [0.25, 0.3) is 0 Å². The van der Waals surface area contributed by atoms with Crippen LogP contribution in [0.15, 0.2) is 29.2 Å². The Bertz CT molecular complexity index is 580. The van der Waals surface area contributed by atoms with E-state index in [4.69, 9.17) is 5.11 Å². The fraction of sp³-hybridized carbons (Fsp3) is 0.500. The second kappa shape index (κ2) is 5.93. The Balaban J connectivity index is 2.08. The Labute approximate surface area is 119 Å². The molecule has 0 unspecified atom stereocenters. The van der Waals surface area contributed by atoms with Gasteiger partial charge in [-0.3, -0.25) is 4.79 Å². The van der Waals surface area contributed by atoms with Crippen LogP contribution < -0.4 is 4.72 Å². The third kappa shape index (κ3) is 3.58. The molecule has 0 spiro atoms. The van der Waals surface area contributed by atoms with Crippen LogP contribution in [0, 0.1) is 12.8 Å². The van der Waals surface area contributed by atoms with E-state index in [1.54, 1.807) is 24.3 Å². The van der Waals surface area contributed by atoms with Crippen molar-refractivity contribution < 1.29 is 18.3 Å². The summed E-state index contributed by atoms with van der Waals surface area (Å²) in [5.74, 6) is -1.29. The number of carbonyl (C=O) groups is 1. The molecule has 2 rings (SSSR count). The lowest BCUT2D eigenvalue weighted by atomic mass is 9.86. The van der Waals surface area contributed by atoms with Gasteiger partial charge in [-0.2, -0.15) is 0 Å². The fourth-order valence-electron chi connectivity index (χ4n) is 2.53. The van der Waals surface area contributed by atoms with Gasteiger partial charge in [0.05, 0.1) is 10.8 Å². The number of rotatable bonds is 4. The van der Waals surface area contributed by atoms with E-state index in [0.29, 0.717) is 19.3 Å². The third-order valence-electron chi connectivity index (χ3n) is 3.68. The van der Waals surface area contributed by atoms with Crippen molar-refractivity contribution >= 4 is 16.0 Å². The Morgan fingerprint density at radius 1 is 1.25 bits per heavy atom. The van der Waals surface area contributed by atoms with Gasteiger partial charge < -0.3 is 5.11 Å².